The van der Waals surface area contributed by atoms with E-state index >= 15 is 0 Å². The van der Waals surface area contributed by atoms with E-state index in [1.54, 1.807) is 18.5 Å². The van der Waals surface area contributed by atoms with Crippen molar-refractivity contribution in [3.8, 4) is 28.6 Å². The molecule has 0 spiro atoms. The fourth-order valence-corrected chi connectivity index (χ4v) is 4.19. The van der Waals surface area contributed by atoms with Crippen LogP contribution in [0.1, 0.15) is 0 Å². The normalized spacial score (nSPS) is 11.2. The Balaban J connectivity index is 1.52. The summed E-state index contributed by atoms with van der Waals surface area (Å²) in [6.45, 7) is 0. The van der Waals surface area contributed by atoms with Gasteiger partial charge in [0, 0.05) is 29.2 Å². The topological polar surface area (TPSA) is 39.9 Å². The summed E-state index contributed by atoms with van der Waals surface area (Å²) in [7, 11) is 0. The van der Waals surface area contributed by atoms with Crippen LogP contribution >= 0.6 is 0 Å². The predicted octanol–water partition coefficient (Wildman–Crippen LogP) is 7.17. The molecule has 0 fully saturated rings. The molecule has 0 aliphatic rings. The third-order valence-corrected chi connectivity index (χ3v) is 5.65. The van der Waals surface area contributed by atoms with Crippen LogP contribution in [0.25, 0.3) is 38.8 Å². The van der Waals surface area contributed by atoms with Crippen molar-refractivity contribution in [1.82, 2.24) is 14.5 Å². The molecule has 6 rings (SSSR count). The first-order valence-electron chi connectivity index (χ1n) is 10.6. The van der Waals surface area contributed by atoms with Crippen molar-refractivity contribution >= 4 is 21.8 Å². The van der Waals surface area contributed by atoms with Gasteiger partial charge in [0.1, 0.15) is 5.75 Å². The van der Waals surface area contributed by atoms with E-state index in [0.717, 1.165) is 32.9 Å². The van der Waals surface area contributed by atoms with E-state index in [-0.39, 0.29) is 11.6 Å². The van der Waals surface area contributed by atoms with Crippen molar-refractivity contribution in [1.29, 1.82) is 0 Å². The Kier molecular flexibility index (Phi) is 4.58. The molecule has 0 atom stereocenters. The molecular weight excluding hydrogens is 413 g/mol. The second kappa shape index (κ2) is 7.88. The average molecular weight is 431 g/mol. The summed E-state index contributed by atoms with van der Waals surface area (Å²) in [5, 5.41) is 2.09. The Morgan fingerprint density at radius 3 is 2.33 bits per heavy atom. The lowest BCUT2D eigenvalue weighted by Gasteiger charge is -2.10. The number of halogens is 1. The van der Waals surface area contributed by atoms with Crippen LogP contribution in [0.4, 0.5) is 4.39 Å². The largest absolute Gasteiger partial charge is 0.439 e. The van der Waals surface area contributed by atoms with E-state index in [1.165, 1.54) is 6.07 Å². The first-order valence-corrected chi connectivity index (χ1v) is 10.6. The third-order valence-electron chi connectivity index (χ3n) is 5.65. The zero-order chi connectivity index (χ0) is 22.2. The van der Waals surface area contributed by atoms with Crippen molar-refractivity contribution in [2.24, 2.45) is 0 Å². The Morgan fingerprint density at radius 1 is 0.636 bits per heavy atom. The highest BCUT2D eigenvalue weighted by molar-refractivity contribution is 6.10. The smallest absolute Gasteiger partial charge is 0.219 e. The first-order chi connectivity index (χ1) is 16.3. The molecule has 3 heterocycles. The van der Waals surface area contributed by atoms with Crippen LogP contribution in [0.5, 0.6) is 11.6 Å². The minimum absolute atomic E-state index is 0.285. The summed E-state index contributed by atoms with van der Waals surface area (Å²) in [4.78, 5) is 8.57. The van der Waals surface area contributed by atoms with E-state index in [4.69, 9.17) is 4.74 Å². The Morgan fingerprint density at radius 2 is 1.45 bits per heavy atom. The molecule has 0 bridgehead atoms. The zero-order valence-electron chi connectivity index (χ0n) is 17.5. The highest BCUT2D eigenvalue weighted by Crippen LogP contribution is 2.35. The molecule has 0 saturated carbocycles. The maximum atomic E-state index is 14.8. The second-order valence-electron chi connectivity index (χ2n) is 7.69. The molecule has 0 aliphatic carbocycles. The minimum atomic E-state index is -0.365. The molecule has 0 amide bonds. The van der Waals surface area contributed by atoms with E-state index in [2.05, 4.69) is 34.2 Å². The Labute approximate surface area is 189 Å². The molecule has 158 valence electrons. The van der Waals surface area contributed by atoms with Gasteiger partial charge in [0.25, 0.3) is 0 Å². The Hall–Kier alpha value is -4.51. The first kappa shape index (κ1) is 19.2. The average Bonchev–Trinajstić information content (AvgIpc) is 3.19. The van der Waals surface area contributed by atoms with Gasteiger partial charge in [-0.1, -0.05) is 48.5 Å². The number of hydrogen-bond acceptors (Lipinski definition) is 3. The number of nitrogens with zero attached hydrogens (tertiary/aromatic N) is 3. The van der Waals surface area contributed by atoms with E-state index < -0.39 is 0 Å². The molecule has 0 N–H and O–H groups in total. The van der Waals surface area contributed by atoms with Gasteiger partial charge in [0.05, 0.1) is 11.0 Å². The Bertz CT molecular complexity index is 1610. The van der Waals surface area contributed by atoms with Crippen molar-refractivity contribution < 1.29 is 9.13 Å². The number of fused-ring (bicyclic) bond motifs is 3. The number of hydrogen-bond donors (Lipinski definition) is 0. The summed E-state index contributed by atoms with van der Waals surface area (Å²) in [5.41, 5.74) is 3.79. The quantitative estimate of drug-likeness (QED) is 0.297. The van der Waals surface area contributed by atoms with Crippen LogP contribution in [-0.4, -0.2) is 14.5 Å². The van der Waals surface area contributed by atoms with E-state index in [9.17, 15) is 4.39 Å². The number of benzene rings is 3. The monoisotopic (exact) mass is 431 g/mol. The van der Waals surface area contributed by atoms with Gasteiger partial charge < -0.3 is 4.74 Å². The SMILES string of the molecule is Fc1cccnc1-n1c2ccccc2c2ccc(-c3cccc(Oc4ccccn4)c3)cc21. The number of aromatic nitrogens is 3. The molecule has 6 aromatic rings. The zero-order valence-corrected chi connectivity index (χ0v) is 17.5. The number of pyridine rings is 2. The molecule has 33 heavy (non-hydrogen) atoms. The van der Waals surface area contributed by atoms with Crippen molar-refractivity contribution in [3.63, 3.8) is 0 Å². The third kappa shape index (κ3) is 3.40. The second-order valence-corrected chi connectivity index (χ2v) is 7.69. The lowest BCUT2D eigenvalue weighted by Crippen LogP contribution is -2.00. The molecule has 0 unspecified atom stereocenters. The van der Waals surface area contributed by atoms with Gasteiger partial charge in [-0.3, -0.25) is 4.57 Å². The van der Waals surface area contributed by atoms with Crippen molar-refractivity contribution in [3.05, 3.63) is 115 Å². The van der Waals surface area contributed by atoms with Crippen LogP contribution in [-0.2, 0) is 0 Å². The van der Waals surface area contributed by atoms with Gasteiger partial charge in [-0.25, -0.2) is 14.4 Å². The summed E-state index contributed by atoms with van der Waals surface area (Å²) in [6, 6.07) is 30.7. The molecule has 3 aromatic heterocycles. The standard InChI is InChI=1S/C28H18FN3O/c29-24-10-6-16-31-28(24)32-25-11-2-1-9-22(25)23-14-13-20(18-26(23)32)19-7-5-8-21(17-19)33-27-12-3-4-15-30-27/h1-18H. The maximum Gasteiger partial charge on any atom is 0.219 e. The molecule has 3 aromatic carbocycles. The van der Waals surface area contributed by atoms with Crippen LogP contribution in [0.3, 0.4) is 0 Å². The molecule has 0 saturated heterocycles. The summed E-state index contributed by atoms with van der Waals surface area (Å²) < 4.78 is 22.6. The van der Waals surface area contributed by atoms with Crippen LogP contribution in [0.15, 0.2) is 109 Å². The van der Waals surface area contributed by atoms with Gasteiger partial charge in [0.2, 0.25) is 5.88 Å². The predicted molar refractivity (Wildman–Crippen MR) is 128 cm³/mol. The van der Waals surface area contributed by atoms with Gasteiger partial charge in [-0.2, -0.15) is 0 Å². The number of rotatable bonds is 4. The highest BCUT2D eigenvalue weighted by atomic mass is 19.1. The lowest BCUT2D eigenvalue weighted by molar-refractivity contribution is 0.463. The van der Waals surface area contributed by atoms with Crippen LogP contribution in [0, 0.1) is 5.82 Å². The van der Waals surface area contributed by atoms with Crippen LogP contribution in [0.2, 0.25) is 0 Å². The summed E-state index contributed by atoms with van der Waals surface area (Å²) >= 11 is 0. The van der Waals surface area contributed by atoms with E-state index in [1.807, 2.05) is 65.2 Å². The van der Waals surface area contributed by atoms with E-state index in [0.29, 0.717) is 11.6 Å². The van der Waals surface area contributed by atoms with Crippen molar-refractivity contribution in [2.75, 3.05) is 0 Å². The highest BCUT2D eigenvalue weighted by Gasteiger charge is 2.16. The maximum absolute atomic E-state index is 14.8. The lowest BCUT2D eigenvalue weighted by atomic mass is 10.0. The van der Waals surface area contributed by atoms with Gasteiger partial charge in [-0.15, -0.1) is 0 Å². The molecule has 0 aliphatic heterocycles. The van der Waals surface area contributed by atoms with Gasteiger partial charge in [0.15, 0.2) is 11.6 Å². The molecule has 0 radical (unpaired) electrons. The number of para-hydroxylation sites is 1. The summed E-state index contributed by atoms with van der Waals surface area (Å²) in [5.74, 6) is 1.16. The molecular formula is C28H18FN3O. The fraction of sp³-hybridized carbons (Fsp3) is 0. The minimum Gasteiger partial charge on any atom is -0.439 e. The summed E-state index contributed by atoms with van der Waals surface area (Å²) in [6.07, 6.45) is 3.31. The fourth-order valence-electron chi connectivity index (χ4n) is 4.19. The van der Waals surface area contributed by atoms with Gasteiger partial charge >= 0.3 is 0 Å². The van der Waals surface area contributed by atoms with Crippen molar-refractivity contribution in [2.45, 2.75) is 0 Å². The number of ether oxygens (including phenoxy) is 1. The molecule has 5 heteroatoms. The molecule has 4 nitrogen and oxygen atoms in total. The van der Waals surface area contributed by atoms with Gasteiger partial charge in [-0.05, 0) is 53.6 Å². The van der Waals surface area contributed by atoms with Crippen LogP contribution < -0.4 is 4.74 Å².